The van der Waals surface area contributed by atoms with Gasteiger partial charge in [-0.05, 0) is 42.8 Å². The second kappa shape index (κ2) is 9.61. The Balaban J connectivity index is 2.01. The third kappa shape index (κ3) is 5.20. The number of carbonyl (C=O) groups is 2. The molecule has 7 nitrogen and oxygen atoms in total. The number of anilines is 2. The van der Waals surface area contributed by atoms with Gasteiger partial charge in [0, 0.05) is 11.6 Å². The van der Waals surface area contributed by atoms with Crippen molar-refractivity contribution < 1.29 is 23.3 Å². The summed E-state index contributed by atoms with van der Waals surface area (Å²) in [6, 6.07) is 14.8. The molecule has 0 aliphatic rings. The van der Waals surface area contributed by atoms with Crippen LogP contribution in [0.4, 0.5) is 25.8 Å². The largest absolute Gasteiger partial charge is 0.319 e. The summed E-state index contributed by atoms with van der Waals surface area (Å²) in [7, 11) is 0. The zero-order chi connectivity index (χ0) is 23.3. The molecule has 0 radical (unpaired) electrons. The van der Waals surface area contributed by atoms with Gasteiger partial charge in [-0.1, -0.05) is 36.4 Å². The van der Waals surface area contributed by atoms with Gasteiger partial charge in [0.1, 0.15) is 17.2 Å². The van der Waals surface area contributed by atoms with Crippen molar-refractivity contribution >= 4 is 35.0 Å². The van der Waals surface area contributed by atoms with Crippen LogP contribution in [0.25, 0.3) is 6.08 Å². The lowest BCUT2D eigenvalue weighted by molar-refractivity contribution is -0.385. The Morgan fingerprint density at radius 2 is 1.38 bits per heavy atom. The lowest BCUT2D eigenvalue weighted by atomic mass is 10.1. The molecule has 0 aromatic heterocycles. The smallest absolute Gasteiger partial charge is 0.272 e. The Morgan fingerprint density at radius 3 is 1.84 bits per heavy atom. The van der Waals surface area contributed by atoms with Crippen LogP contribution < -0.4 is 10.6 Å². The van der Waals surface area contributed by atoms with Crippen molar-refractivity contribution in [3.63, 3.8) is 0 Å². The highest BCUT2D eigenvalue weighted by atomic mass is 19.1. The summed E-state index contributed by atoms with van der Waals surface area (Å²) in [4.78, 5) is 36.3. The first kappa shape index (κ1) is 22.3. The molecule has 3 aromatic carbocycles. The number of nitro groups is 1. The highest BCUT2D eigenvalue weighted by Gasteiger charge is 2.21. The van der Waals surface area contributed by atoms with Gasteiger partial charge < -0.3 is 10.6 Å². The van der Waals surface area contributed by atoms with E-state index in [0.717, 1.165) is 18.2 Å². The topological polar surface area (TPSA) is 101 Å². The average Bonchev–Trinajstić information content (AvgIpc) is 2.76. The van der Waals surface area contributed by atoms with Crippen LogP contribution in [0.5, 0.6) is 0 Å². The van der Waals surface area contributed by atoms with Gasteiger partial charge in [-0.15, -0.1) is 0 Å². The summed E-state index contributed by atoms with van der Waals surface area (Å²) in [5.74, 6) is -3.40. The van der Waals surface area contributed by atoms with Crippen LogP contribution >= 0.6 is 0 Å². The van der Waals surface area contributed by atoms with Gasteiger partial charge in [-0.2, -0.15) is 0 Å². The molecule has 0 saturated carbocycles. The second-order valence-corrected chi connectivity index (χ2v) is 6.73. The number of nitrogens with one attached hydrogen (secondary N) is 2. The minimum absolute atomic E-state index is 0.169. The Labute approximate surface area is 181 Å². The van der Waals surface area contributed by atoms with Crippen LogP contribution in [0.3, 0.4) is 0 Å². The molecule has 0 spiro atoms. The zero-order valence-corrected chi connectivity index (χ0v) is 16.8. The maximum atomic E-state index is 14.0. The Morgan fingerprint density at radius 1 is 0.875 bits per heavy atom. The second-order valence-electron chi connectivity index (χ2n) is 6.73. The van der Waals surface area contributed by atoms with Gasteiger partial charge >= 0.3 is 0 Å². The van der Waals surface area contributed by atoms with E-state index in [2.05, 4.69) is 10.6 Å². The molecule has 9 heteroatoms. The molecule has 32 heavy (non-hydrogen) atoms. The molecule has 0 fully saturated rings. The Kier molecular flexibility index (Phi) is 6.69. The molecule has 3 aromatic rings. The number of para-hydroxylation sites is 2. The van der Waals surface area contributed by atoms with Crippen LogP contribution in [-0.4, -0.2) is 16.7 Å². The molecule has 0 bridgehead atoms. The number of amides is 2. The zero-order valence-electron chi connectivity index (χ0n) is 16.8. The van der Waals surface area contributed by atoms with Crippen LogP contribution in [-0.2, 0) is 9.59 Å². The Bertz CT molecular complexity index is 1180. The Hall–Kier alpha value is -4.40. The van der Waals surface area contributed by atoms with Gasteiger partial charge in [-0.3, -0.25) is 19.7 Å². The molecule has 0 saturated heterocycles. The van der Waals surface area contributed by atoms with Crippen molar-refractivity contribution in [3.05, 3.63) is 105 Å². The van der Waals surface area contributed by atoms with Gasteiger partial charge in [0.2, 0.25) is 0 Å². The monoisotopic (exact) mass is 437 g/mol. The van der Waals surface area contributed by atoms with E-state index in [1.54, 1.807) is 6.92 Å². The van der Waals surface area contributed by atoms with Crippen LogP contribution in [0.2, 0.25) is 0 Å². The predicted octanol–water partition coefficient (Wildman–Crippen LogP) is 4.84. The number of halogens is 2. The molecule has 0 unspecified atom stereocenters. The molecule has 0 atom stereocenters. The van der Waals surface area contributed by atoms with Crippen LogP contribution in [0, 0.1) is 28.7 Å². The number of carbonyl (C=O) groups excluding carboxylic acids is 2. The van der Waals surface area contributed by atoms with E-state index in [0.29, 0.717) is 5.56 Å². The molecule has 2 amide bonds. The lowest BCUT2D eigenvalue weighted by Gasteiger charge is -2.11. The van der Waals surface area contributed by atoms with E-state index in [9.17, 15) is 28.5 Å². The molecule has 0 aliphatic carbocycles. The first-order chi connectivity index (χ1) is 15.3. The first-order valence-electron chi connectivity index (χ1n) is 9.35. The highest BCUT2D eigenvalue weighted by Crippen LogP contribution is 2.23. The fourth-order valence-corrected chi connectivity index (χ4v) is 2.82. The molecular formula is C23H17F2N3O4. The fourth-order valence-electron chi connectivity index (χ4n) is 2.82. The van der Waals surface area contributed by atoms with Crippen molar-refractivity contribution in [1.29, 1.82) is 0 Å². The van der Waals surface area contributed by atoms with E-state index in [1.807, 2.05) is 0 Å². The third-order valence-corrected chi connectivity index (χ3v) is 4.47. The van der Waals surface area contributed by atoms with E-state index < -0.39 is 33.9 Å². The van der Waals surface area contributed by atoms with E-state index in [-0.39, 0.29) is 22.6 Å². The van der Waals surface area contributed by atoms with Gasteiger partial charge in [-0.25, -0.2) is 8.78 Å². The number of hydrogen-bond donors (Lipinski definition) is 2. The van der Waals surface area contributed by atoms with Crippen molar-refractivity contribution in [2.45, 2.75) is 6.92 Å². The lowest BCUT2D eigenvalue weighted by Crippen LogP contribution is -2.26. The van der Waals surface area contributed by atoms with E-state index >= 15 is 0 Å². The van der Waals surface area contributed by atoms with Gasteiger partial charge in [0.25, 0.3) is 17.5 Å². The molecule has 162 valence electrons. The highest BCUT2D eigenvalue weighted by molar-refractivity contribution is 6.28. The average molecular weight is 437 g/mol. The van der Waals surface area contributed by atoms with Crippen molar-refractivity contribution in [2.75, 3.05) is 10.6 Å². The van der Waals surface area contributed by atoms with Crippen molar-refractivity contribution in [2.24, 2.45) is 0 Å². The summed E-state index contributed by atoms with van der Waals surface area (Å²) in [5.41, 5.74) is -0.476. The minimum Gasteiger partial charge on any atom is -0.319 e. The molecular weight excluding hydrogens is 420 g/mol. The normalized spacial score (nSPS) is 10.2. The molecule has 0 heterocycles. The van der Waals surface area contributed by atoms with Gasteiger partial charge in [0.05, 0.1) is 16.3 Å². The van der Waals surface area contributed by atoms with Crippen LogP contribution in [0.1, 0.15) is 11.1 Å². The molecule has 2 N–H and O–H groups in total. The predicted molar refractivity (Wildman–Crippen MR) is 116 cm³/mol. The molecule has 0 aliphatic heterocycles. The summed E-state index contributed by atoms with van der Waals surface area (Å²) < 4.78 is 27.9. The maximum absolute atomic E-state index is 14.0. The third-order valence-electron chi connectivity index (χ3n) is 4.47. The quantitative estimate of drug-likeness (QED) is 0.189. The molecule has 3 rings (SSSR count). The maximum Gasteiger partial charge on any atom is 0.272 e. The SMILES string of the molecule is Cc1ccc(C=C(C(=O)Nc2ccccc2F)C(=O)Nc2ccccc2F)cc1[N+](=O)[O-]. The van der Waals surface area contributed by atoms with E-state index in [1.165, 1.54) is 54.6 Å². The summed E-state index contributed by atoms with van der Waals surface area (Å²) in [6.45, 7) is 1.54. The number of rotatable bonds is 6. The van der Waals surface area contributed by atoms with Crippen molar-refractivity contribution in [1.82, 2.24) is 0 Å². The number of nitrogens with zero attached hydrogens (tertiary/aromatic N) is 1. The fraction of sp³-hybridized carbons (Fsp3) is 0.0435. The number of hydrogen-bond acceptors (Lipinski definition) is 4. The van der Waals surface area contributed by atoms with E-state index in [4.69, 9.17) is 0 Å². The standard InChI is InChI=1S/C23H17F2N3O4/c1-14-10-11-15(13-21(14)28(31)32)12-16(22(29)26-19-8-4-2-6-17(19)24)23(30)27-20-9-5-3-7-18(20)25/h2-13H,1H3,(H,26,29)(H,27,30). The number of benzene rings is 3. The first-order valence-corrected chi connectivity index (χ1v) is 9.35. The number of nitro benzene ring substituents is 1. The number of aryl methyl sites for hydroxylation is 1. The summed E-state index contributed by atoms with van der Waals surface area (Å²) in [6.07, 6.45) is 1.11. The summed E-state index contributed by atoms with van der Waals surface area (Å²) >= 11 is 0. The summed E-state index contributed by atoms with van der Waals surface area (Å²) in [5, 5.41) is 15.8. The van der Waals surface area contributed by atoms with Crippen molar-refractivity contribution in [3.8, 4) is 0 Å². The minimum atomic E-state index is -0.979. The van der Waals surface area contributed by atoms with Crippen LogP contribution in [0.15, 0.2) is 72.3 Å². The van der Waals surface area contributed by atoms with Gasteiger partial charge in [0.15, 0.2) is 0 Å².